The van der Waals surface area contributed by atoms with E-state index in [-0.39, 0.29) is 45.3 Å². The van der Waals surface area contributed by atoms with Crippen LogP contribution in [0.25, 0.3) is 0 Å². The van der Waals surface area contributed by atoms with Crippen molar-refractivity contribution >= 4 is 11.9 Å². The van der Waals surface area contributed by atoms with Gasteiger partial charge in [0.1, 0.15) is 0 Å². The number of piperidine rings is 3. The molecule has 3 saturated heterocycles. The van der Waals surface area contributed by atoms with Crippen molar-refractivity contribution in [1.29, 1.82) is 5.41 Å². The zero-order valence-corrected chi connectivity index (χ0v) is 36.3. The van der Waals surface area contributed by atoms with Gasteiger partial charge in [0.15, 0.2) is 5.96 Å². The van der Waals surface area contributed by atoms with Crippen LogP contribution in [0.1, 0.15) is 181 Å². The number of nitrogens with two attached hydrogens (primary N) is 1. The molecule has 0 aromatic carbocycles. The van der Waals surface area contributed by atoms with Gasteiger partial charge in [0.25, 0.3) is 0 Å². The molecule has 0 bridgehead atoms. The van der Waals surface area contributed by atoms with E-state index in [0.29, 0.717) is 24.0 Å². The van der Waals surface area contributed by atoms with Crippen LogP contribution in [0.3, 0.4) is 0 Å². The molecule has 0 spiro atoms. The van der Waals surface area contributed by atoms with E-state index in [2.05, 4.69) is 135 Å². The summed E-state index contributed by atoms with van der Waals surface area (Å²) >= 11 is 0. The minimum atomic E-state index is -0.0162. The number of aliphatic imine (C=N–C) groups is 1. The Balaban J connectivity index is 1.73. The van der Waals surface area contributed by atoms with E-state index in [9.17, 15) is 5.41 Å². The van der Waals surface area contributed by atoms with Crippen LogP contribution in [0.2, 0.25) is 0 Å². The Bertz CT molecular complexity index is 1100. The Labute approximate surface area is 316 Å². The molecule has 3 heterocycles. The number of guanidine groups is 2. The topological polar surface area (TPSA) is 108 Å². The summed E-state index contributed by atoms with van der Waals surface area (Å²) in [5.41, 5.74) is 7.25. The van der Waals surface area contributed by atoms with E-state index in [0.717, 1.165) is 71.0 Å². The van der Waals surface area contributed by atoms with E-state index < -0.39 is 0 Å². The molecule has 0 amide bonds. The zero-order chi connectivity index (χ0) is 38.6. The van der Waals surface area contributed by atoms with Gasteiger partial charge < -0.3 is 31.5 Å². The van der Waals surface area contributed by atoms with Crippen molar-refractivity contribution in [2.75, 3.05) is 19.6 Å². The van der Waals surface area contributed by atoms with Crippen LogP contribution < -0.4 is 21.7 Å². The highest BCUT2D eigenvalue weighted by atomic mass is 15.4. The highest BCUT2D eigenvalue weighted by molar-refractivity contribution is 5.93. The maximum absolute atomic E-state index is 9.50. The molecule has 9 heteroatoms. The lowest BCUT2D eigenvalue weighted by Gasteiger charge is -2.50. The summed E-state index contributed by atoms with van der Waals surface area (Å²) in [7, 11) is 0. The van der Waals surface area contributed by atoms with E-state index >= 15 is 0 Å². The van der Waals surface area contributed by atoms with E-state index in [1.165, 1.54) is 25.7 Å². The van der Waals surface area contributed by atoms with Gasteiger partial charge in [0.2, 0.25) is 5.96 Å². The molecule has 0 radical (unpaired) electrons. The number of hydrogen-bond acceptors (Lipinski definition) is 5. The fourth-order valence-electron chi connectivity index (χ4n) is 10.8. The van der Waals surface area contributed by atoms with Crippen LogP contribution in [0.5, 0.6) is 0 Å². The van der Waals surface area contributed by atoms with Crippen LogP contribution in [-0.4, -0.2) is 104 Å². The lowest BCUT2D eigenvalue weighted by molar-refractivity contribution is 0.0465. The SMILES string of the molecule is CCCCN(/C(N)=N/C(=N)N(CCCCCCN(C(C)C)C1CC(C)(C)NC(C)(C)C1)C1CC(C)(C)NC(C)(C)C1)C1CC(C)(C)NC(C)(C)C1. The Morgan fingerprint density at radius 3 is 1.33 bits per heavy atom. The molecule has 6 N–H and O–H groups in total. The molecule has 0 atom stereocenters. The molecule has 3 rings (SSSR count). The van der Waals surface area contributed by atoms with Gasteiger partial charge in [-0.3, -0.25) is 10.3 Å². The van der Waals surface area contributed by atoms with Gasteiger partial charge in [-0.25, -0.2) is 0 Å². The van der Waals surface area contributed by atoms with Gasteiger partial charge in [-0.15, -0.1) is 0 Å². The number of nitrogens with one attached hydrogen (secondary N) is 4. The van der Waals surface area contributed by atoms with Crippen LogP contribution >= 0.6 is 0 Å². The molecule has 298 valence electrons. The Hall–Kier alpha value is -1.42. The maximum atomic E-state index is 9.50. The molecular formula is C42H85N9. The van der Waals surface area contributed by atoms with Gasteiger partial charge in [0.05, 0.1) is 0 Å². The van der Waals surface area contributed by atoms with Crippen LogP contribution in [0.4, 0.5) is 0 Å². The summed E-state index contributed by atoms with van der Waals surface area (Å²) in [4.78, 5) is 12.4. The van der Waals surface area contributed by atoms with E-state index in [1.807, 2.05) is 0 Å². The molecular weight excluding hydrogens is 631 g/mol. The molecule has 3 aliphatic heterocycles. The van der Waals surface area contributed by atoms with E-state index in [4.69, 9.17) is 10.7 Å². The lowest BCUT2D eigenvalue weighted by atomic mass is 9.78. The largest absolute Gasteiger partial charge is 0.369 e. The molecule has 0 aromatic rings. The molecule has 9 nitrogen and oxygen atoms in total. The van der Waals surface area contributed by atoms with Crippen molar-refractivity contribution in [1.82, 2.24) is 30.7 Å². The molecule has 3 fully saturated rings. The summed E-state index contributed by atoms with van der Waals surface area (Å²) in [5.74, 6) is 0.851. The van der Waals surface area contributed by atoms with Gasteiger partial charge in [0, 0.05) is 70.5 Å². The summed E-state index contributed by atoms with van der Waals surface area (Å²) in [6.45, 7) is 37.7. The first-order valence-corrected chi connectivity index (χ1v) is 20.8. The van der Waals surface area contributed by atoms with Gasteiger partial charge in [-0.2, -0.15) is 4.99 Å². The third-order valence-electron chi connectivity index (χ3n) is 11.6. The van der Waals surface area contributed by atoms with Crippen LogP contribution in [-0.2, 0) is 0 Å². The number of nitrogens with zero attached hydrogens (tertiary/aromatic N) is 4. The standard InChI is InChI=1S/C42H85N9/c1-16-17-22-50(33-27-39(8,9)47-40(10,11)28-33)35(43)45-36(44)51(34-29-41(12,13)48-42(14,15)30-34)24-21-19-18-20-23-49(31(2)3)32-25-37(4,5)46-38(6,7)26-32/h31-34,46-48H,16-30H2,1-15H3,(H3,43,44,45). The normalized spacial score (nSPS) is 24.9. The zero-order valence-electron chi connectivity index (χ0n) is 36.3. The number of rotatable bonds is 14. The first-order chi connectivity index (χ1) is 23.2. The predicted molar refractivity (Wildman–Crippen MR) is 221 cm³/mol. The second-order valence-corrected chi connectivity index (χ2v) is 21.1. The first kappa shape index (κ1) is 44.0. The third kappa shape index (κ3) is 13.7. The highest BCUT2D eigenvalue weighted by Crippen LogP contribution is 2.35. The van der Waals surface area contributed by atoms with Crippen molar-refractivity contribution in [3.05, 3.63) is 0 Å². The smallest absolute Gasteiger partial charge is 0.221 e. The second-order valence-electron chi connectivity index (χ2n) is 21.1. The number of hydrogen-bond donors (Lipinski definition) is 5. The summed E-state index contributed by atoms with van der Waals surface area (Å²) < 4.78 is 0. The fraction of sp³-hybridized carbons (Fsp3) is 0.952. The third-order valence-corrected chi connectivity index (χ3v) is 11.6. The predicted octanol–water partition coefficient (Wildman–Crippen LogP) is 7.84. The molecule has 0 saturated carbocycles. The van der Waals surface area contributed by atoms with Crippen LogP contribution in [0.15, 0.2) is 4.99 Å². The van der Waals surface area contributed by atoms with Crippen molar-refractivity contribution in [3.8, 4) is 0 Å². The first-order valence-electron chi connectivity index (χ1n) is 20.8. The lowest BCUT2D eigenvalue weighted by Crippen LogP contribution is -2.64. The Kier molecular flexibility index (Phi) is 14.6. The minimum absolute atomic E-state index is 0.00988. The Morgan fingerprint density at radius 1 is 0.588 bits per heavy atom. The molecule has 51 heavy (non-hydrogen) atoms. The quantitative estimate of drug-likeness (QED) is 0.0709. The van der Waals surface area contributed by atoms with Gasteiger partial charge in [-0.1, -0.05) is 26.2 Å². The van der Waals surface area contributed by atoms with E-state index in [1.54, 1.807) is 0 Å². The van der Waals surface area contributed by atoms with Crippen molar-refractivity contribution in [3.63, 3.8) is 0 Å². The maximum Gasteiger partial charge on any atom is 0.221 e. The summed E-state index contributed by atoms with van der Waals surface area (Å²) in [6, 6.07) is 1.69. The molecule has 0 unspecified atom stereocenters. The monoisotopic (exact) mass is 716 g/mol. The minimum Gasteiger partial charge on any atom is -0.369 e. The summed E-state index contributed by atoms with van der Waals surface area (Å²) in [5, 5.41) is 21.1. The second kappa shape index (κ2) is 16.9. The number of unbranched alkanes of at least 4 members (excludes halogenated alkanes) is 4. The molecule has 0 aromatic heterocycles. The van der Waals surface area contributed by atoms with Crippen LogP contribution in [0, 0.1) is 5.41 Å². The van der Waals surface area contributed by atoms with Crippen molar-refractivity contribution < 1.29 is 0 Å². The summed E-state index contributed by atoms with van der Waals surface area (Å²) in [6.07, 6.45) is 13.2. The average molecular weight is 716 g/mol. The van der Waals surface area contributed by atoms with Gasteiger partial charge >= 0.3 is 0 Å². The highest BCUT2D eigenvalue weighted by Gasteiger charge is 2.43. The molecule has 3 aliphatic rings. The molecule has 0 aliphatic carbocycles. The average Bonchev–Trinajstić information content (AvgIpc) is 2.89. The van der Waals surface area contributed by atoms with Crippen molar-refractivity contribution in [2.45, 2.75) is 238 Å². The fourth-order valence-corrected chi connectivity index (χ4v) is 10.8. The van der Waals surface area contributed by atoms with Crippen molar-refractivity contribution in [2.24, 2.45) is 10.7 Å². The van der Waals surface area contributed by atoms with Gasteiger partial charge in [-0.05, 0) is 161 Å². The Morgan fingerprint density at radius 2 is 0.941 bits per heavy atom.